The number of nitrogens with one attached hydrogen (secondary N) is 2. The van der Waals surface area contributed by atoms with E-state index in [1.54, 1.807) is 6.07 Å². The first-order valence-corrected chi connectivity index (χ1v) is 6.69. The molecule has 1 fully saturated rings. The highest BCUT2D eigenvalue weighted by atomic mass is 19.1. The monoisotopic (exact) mass is 290 g/mol. The van der Waals surface area contributed by atoms with Gasteiger partial charge in [0.1, 0.15) is 12.1 Å². The minimum absolute atomic E-state index is 0.0596. The van der Waals surface area contributed by atoms with Crippen molar-refractivity contribution in [2.24, 2.45) is 0 Å². The summed E-state index contributed by atoms with van der Waals surface area (Å²) < 4.78 is 18.7. The predicted octanol–water partition coefficient (Wildman–Crippen LogP) is 1.47. The van der Waals surface area contributed by atoms with Crippen LogP contribution >= 0.6 is 0 Å². The summed E-state index contributed by atoms with van der Waals surface area (Å²) in [5.74, 6) is 0.362. The van der Waals surface area contributed by atoms with E-state index >= 15 is 0 Å². The average molecular weight is 290 g/mol. The maximum Gasteiger partial charge on any atom is 0.220 e. The summed E-state index contributed by atoms with van der Waals surface area (Å²) in [6, 6.07) is 3.00. The van der Waals surface area contributed by atoms with Crippen LogP contribution in [0, 0.1) is 5.82 Å². The highest BCUT2D eigenvalue weighted by Gasteiger charge is 2.19. The Kier molecular flexibility index (Phi) is 3.55. The molecule has 7 heteroatoms. The molecule has 0 saturated carbocycles. The topological polar surface area (TPSA) is 76.1 Å². The predicted molar refractivity (Wildman–Crippen MR) is 75.7 cm³/mol. The molecule has 1 amide bonds. The second-order valence-electron chi connectivity index (χ2n) is 4.91. The maximum atomic E-state index is 13.7. The molecular formula is C14H15FN4O2. The third-order valence-electron chi connectivity index (χ3n) is 3.52. The molecule has 0 spiro atoms. The van der Waals surface area contributed by atoms with E-state index in [1.165, 1.54) is 19.5 Å². The molecule has 1 saturated heterocycles. The third-order valence-corrected chi connectivity index (χ3v) is 3.52. The van der Waals surface area contributed by atoms with E-state index in [2.05, 4.69) is 20.6 Å². The van der Waals surface area contributed by atoms with E-state index in [1.807, 2.05) is 0 Å². The summed E-state index contributed by atoms with van der Waals surface area (Å²) in [6.07, 6.45) is 2.60. The molecule has 1 unspecified atom stereocenters. The molecule has 2 aromatic rings. The van der Waals surface area contributed by atoms with Gasteiger partial charge in [-0.25, -0.2) is 14.4 Å². The fraction of sp³-hybridized carbons (Fsp3) is 0.357. The number of anilines is 1. The van der Waals surface area contributed by atoms with Crippen molar-refractivity contribution in [3.8, 4) is 5.75 Å². The van der Waals surface area contributed by atoms with Crippen molar-refractivity contribution in [1.29, 1.82) is 0 Å². The lowest BCUT2D eigenvalue weighted by atomic mass is 10.1. The van der Waals surface area contributed by atoms with Crippen LogP contribution in [0.5, 0.6) is 5.75 Å². The van der Waals surface area contributed by atoms with Crippen molar-refractivity contribution in [2.45, 2.75) is 18.9 Å². The molecule has 1 atom stereocenters. The summed E-state index contributed by atoms with van der Waals surface area (Å²) in [4.78, 5) is 19.5. The summed E-state index contributed by atoms with van der Waals surface area (Å²) >= 11 is 0. The van der Waals surface area contributed by atoms with Gasteiger partial charge in [0.15, 0.2) is 11.6 Å². The number of halogens is 1. The van der Waals surface area contributed by atoms with Gasteiger partial charge in [-0.15, -0.1) is 0 Å². The van der Waals surface area contributed by atoms with Gasteiger partial charge in [-0.1, -0.05) is 0 Å². The Morgan fingerprint density at radius 2 is 2.29 bits per heavy atom. The number of benzene rings is 1. The summed E-state index contributed by atoms with van der Waals surface area (Å²) in [5, 5.41) is 6.76. The zero-order valence-electron chi connectivity index (χ0n) is 11.5. The van der Waals surface area contributed by atoms with E-state index in [9.17, 15) is 9.18 Å². The Balaban J connectivity index is 1.92. The van der Waals surface area contributed by atoms with Gasteiger partial charge >= 0.3 is 0 Å². The van der Waals surface area contributed by atoms with E-state index in [0.717, 1.165) is 6.42 Å². The first kappa shape index (κ1) is 13.5. The lowest BCUT2D eigenvalue weighted by molar-refractivity contribution is -0.122. The molecule has 2 heterocycles. The van der Waals surface area contributed by atoms with Crippen LogP contribution < -0.4 is 15.4 Å². The van der Waals surface area contributed by atoms with Crippen molar-refractivity contribution in [2.75, 3.05) is 19.0 Å². The number of hydrogen-bond donors (Lipinski definition) is 2. The average Bonchev–Trinajstić information content (AvgIpc) is 2.49. The number of ether oxygens (including phenoxy) is 1. The molecule has 0 radical (unpaired) electrons. The molecule has 110 valence electrons. The normalized spacial score (nSPS) is 18.4. The summed E-state index contributed by atoms with van der Waals surface area (Å²) in [6.45, 7) is 0.544. The van der Waals surface area contributed by atoms with Gasteiger partial charge in [0.2, 0.25) is 5.91 Å². The first-order chi connectivity index (χ1) is 10.2. The number of carbonyl (C=O) groups is 1. The molecule has 2 N–H and O–H groups in total. The van der Waals surface area contributed by atoms with Gasteiger partial charge in [0.05, 0.1) is 12.6 Å². The van der Waals surface area contributed by atoms with Crippen molar-refractivity contribution >= 4 is 22.6 Å². The number of amides is 1. The number of hydrogen-bond acceptors (Lipinski definition) is 5. The zero-order chi connectivity index (χ0) is 14.8. The molecule has 6 nitrogen and oxygen atoms in total. The number of piperidine rings is 1. The van der Waals surface area contributed by atoms with Gasteiger partial charge in [0.25, 0.3) is 0 Å². The molecule has 21 heavy (non-hydrogen) atoms. The molecule has 1 aliphatic rings. The highest BCUT2D eigenvalue weighted by Crippen LogP contribution is 2.27. The molecule has 0 bridgehead atoms. The van der Waals surface area contributed by atoms with Crippen LogP contribution in [0.2, 0.25) is 0 Å². The van der Waals surface area contributed by atoms with Crippen LogP contribution in [0.4, 0.5) is 10.2 Å². The Bertz CT molecular complexity index is 682. The fourth-order valence-corrected chi connectivity index (χ4v) is 2.38. The smallest absolute Gasteiger partial charge is 0.220 e. The highest BCUT2D eigenvalue weighted by molar-refractivity contribution is 5.90. The molecule has 0 aliphatic carbocycles. The molecule has 3 rings (SSSR count). The second-order valence-corrected chi connectivity index (χ2v) is 4.91. The van der Waals surface area contributed by atoms with E-state index in [0.29, 0.717) is 29.7 Å². The number of methoxy groups -OCH3 is 1. The number of fused-ring (bicyclic) bond motifs is 1. The van der Waals surface area contributed by atoms with Crippen molar-refractivity contribution in [3.63, 3.8) is 0 Å². The van der Waals surface area contributed by atoms with Crippen molar-refractivity contribution in [3.05, 3.63) is 24.3 Å². The standard InChI is InChI=1S/C14H15FN4O2/c1-21-12-4-9-11(5-10(12)15)17-7-18-14(9)19-8-2-3-13(20)16-6-8/h4-5,7-8H,2-3,6H2,1H3,(H,16,20)(H,17,18,19). The van der Waals surface area contributed by atoms with E-state index in [4.69, 9.17) is 4.74 Å². The molecule has 1 aliphatic heterocycles. The molecular weight excluding hydrogens is 275 g/mol. The van der Waals surface area contributed by atoms with Gasteiger partial charge in [0, 0.05) is 30.5 Å². The van der Waals surface area contributed by atoms with Gasteiger partial charge in [-0.3, -0.25) is 4.79 Å². The van der Waals surface area contributed by atoms with Gasteiger partial charge < -0.3 is 15.4 Å². The van der Waals surface area contributed by atoms with Crippen LogP contribution in [0.25, 0.3) is 10.9 Å². The van der Waals surface area contributed by atoms with E-state index < -0.39 is 5.82 Å². The molecule has 1 aromatic heterocycles. The van der Waals surface area contributed by atoms with Crippen LogP contribution in [0.3, 0.4) is 0 Å². The minimum Gasteiger partial charge on any atom is -0.494 e. The SMILES string of the molecule is COc1cc2c(NC3CCC(=O)NC3)ncnc2cc1F. The number of aromatic nitrogens is 2. The second kappa shape index (κ2) is 5.51. The van der Waals surface area contributed by atoms with Crippen LogP contribution in [0.1, 0.15) is 12.8 Å². The van der Waals surface area contributed by atoms with E-state index in [-0.39, 0.29) is 17.7 Å². The zero-order valence-corrected chi connectivity index (χ0v) is 11.5. The summed E-state index contributed by atoms with van der Waals surface area (Å²) in [7, 11) is 1.41. The minimum atomic E-state index is -0.459. The lowest BCUT2D eigenvalue weighted by Crippen LogP contribution is -2.42. The van der Waals surface area contributed by atoms with Crippen LogP contribution in [0.15, 0.2) is 18.5 Å². The first-order valence-electron chi connectivity index (χ1n) is 6.69. The third kappa shape index (κ3) is 2.72. The van der Waals surface area contributed by atoms with Crippen LogP contribution in [-0.4, -0.2) is 35.6 Å². The Labute approximate surface area is 120 Å². The summed E-state index contributed by atoms with van der Waals surface area (Å²) in [5.41, 5.74) is 0.505. The van der Waals surface area contributed by atoms with Crippen molar-refractivity contribution in [1.82, 2.24) is 15.3 Å². The molecule has 1 aromatic carbocycles. The Morgan fingerprint density at radius 1 is 1.43 bits per heavy atom. The Hall–Kier alpha value is -2.44. The lowest BCUT2D eigenvalue weighted by Gasteiger charge is -2.24. The van der Waals surface area contributed by atoms with Crippen LogP contribution in [-0.2, 0) is 4.79 Å². The number of carbonyl (C=O) groups excluding carboxylic acids is 1. The van der Waals surface area contributed by atoms with Gasteiger partial charge in [-0.05, 0) is 12.5 Å². The number of rotatable bonds is 3. The quantitative estimate of drug-likeness (QED) is 0.895. The maximum absolute atomic E-state index is 13.7. The largest absolute Gasteiger partial charge is 0.494 e. The van der Waals surface area contributed by atoms with Gasteiger partial charge in [-0.2, -0.15) is 0 Å². The Morgan fingerprint density at radius 3 is 3.00 bits per heavy atom. The fourth-order valence-electron chi connectivity index (χ4n) is 2.38. The number of nitrogens with zero attached hydrogens (tertiary/aromatic N) is 2. The van der Waals surface area contributed by atoms with Crippen molar-refractivity contribution < 1.29 is 13.9 Å².